The van der Waals surface area contributed by atoms with Crippen molar-refractivity contribution in [2.45, 2.75) is 51.1 Å². The number of carbonyl (C=O) groups excluding carboxylic acids is 1. The molecule has 1 fully saturated rings. The lowest BCUT2D eigenvalue weighted by atomic mass is 9.95. The van der Waals surface area contributed by atoms with E-state index in [0.29, 0.717) is 6.04 Å². The van der Waals surface area contributed by atoms with E-state index in [1.54, 1.807) is 0 Å². The molecule has 3 N–H and O–H groups in total. The fourth-order valence-corrected chi connectivity index (χ4v) is 2.46. The van der Waals surface area contributed by atoms with E-state index in [1.165, 1.54) is 24.8 Å². The molecular formula is C15H22N2O. The van der Waals surface area contributed by atoms with Crippen molar-refractivity contribution in [1.29, 1.82) is 0 Å². The summed E-state index contributed by atoms with van der Waals surface area (Å²) >= 11 is 0. The van der Waals surface area contributed by atoms with Gasteiger partial charge in [0.2, 0.25) is 5.91 Å². The molecule has 1 atom stereocenters. The second-order valence-electron chi connectivity index (χ2n) is 5.23. The van der Waals surface area contributed by atoms with E-state index in [1.807, 2.05) is 31.2 Å². The molecule has 1 aliphatic carbocycles. The number of amides is 1. The van der Waals surface area contributed by atoms with Crippen molar-refractivity contribution in [3.8, 4) is 0 Å². The highest BCUT2D eigenvalue weighted by molar-refractivity contribution is 5.83. The Kier molecular flexibility index (Phi) is 4.37. The highest BCUT2D eigenvalue weighted by atomic mass is 16.2. The Morgan fingerprint density at radius 2 is 1.83 bits per heavy atom. The van der Waals surface area contributed by atoms with Gasteiger partial charge in [-0.3, -0.25) is 4.79 Å². The second-order valence-corrected chi connectivity index (χ2v) is 5.23. The molecule has 0 aliphatic heterocycles. The lowest BCUT2D eigenvalue weighted by Gasteiger charge is -2.24. The highest BCUT2D eigenvalue weighted by Crippen LogP contribution is 2.18. The standard InChI is InChI=1S/C15H22N2O/c1-11-7-9-12(10-8-11)14(16)15(18)17-13-5-3-2-4-6-13/h7-10,13-14H,2-6,16H2,1H3,(H,17,18). The first-order valence-corrected chi connectivity index (χ1v) is 6.79. The van der Waals surface area contributed by atoms with Crippen LogP contribution >= 0.6 is 0 Å². The minimum Gasteiger partial charge on any atom is -0.352 e. The zero-order valence-electron chi connectivity index (χ0n) is 11.0. The Morgan fingerprint density at radius 3 is 2.44 bits per heavy atom. The normalized spacial score (nSPS) is 18.3. The summed E-state index contributed by atoms with van der Waals surface area (Å²) in [7, 11) is 0. The van der Waals surface area contributed by atoms with E-state index in [2.05, 4.69) is 5.32 Å². The number of carbonyl (C=O) groups is 1. The quantitative estimate of drug-likeness (QED) is 0.860. The van der Waals surface area contributed by atoms with Crippen LogP contribution in [0.15, 0.2) is 24.3 Å². The molecule has 0 heterocycles. The summed E-state index contributed by atoms with van der Waals surface area (Å²) in [4.78, 5) is 12.1. The number of nitrogens with one attached hydrogen (secondary N) is 1. The first-order chi connectivity index (χ1) is 8.66. The summed E-state index contributed by atoms with van der Waals surface area (Å²) in [5.41, 5.74) is 8.06. The molecular weight excluding hydrogens is 224 g/mol. The SMILES string of the molecule is Cc1ccc(C(N)C(=O)NC2CCCCC2)cc1. The molecule has 1 aromatic carbocycles. The molecule has 1 aliphatic rings. The van der Waals surface area contributed by atoms with E-state index in [4.69, 9.17) is 5.73 Å². The lowest BCUT2D eigenvalue weighted by Crippen LogP contribution is -2.41. The number of nitrogens with two attached hydrogens (primary N) is 1. The van der Waals surface area contributed by atoms with Crippen molar-refractivity contribution >= 4 is 5.91 Å². The van der Waals surface area contributed by atoms with Crippen molar-refractivity contribution < 1.29 is 4.79 Å². The van der Waals surface area contributed by atoms with Gasteiger partial charge in [-0.1, -0.05) is 49.1 Å². The fraction of sp³-hybridized carbons (Fsp3) is 0.533. The Labute approximate surface area is 109 Å². The first-order valence-electron chi connectivity index (χ1n) is 6.79. The van der Waals surface area contributed by atoms with Gasteiger partial charge >= 0.3 is 0 Å². The van der Waals surface area contributed by atoms with E-state index in [9.17, 15) is 4.79 Å². The van der Waals surface area contributed by atoms with Crippen LogP contribution in [0.2, 0.25) is 0 Å². The Hall–Kier alpha value is -1.35. The van der Waals surface area contributed by atoms with E-state index < -0.39 is 6.04 Å². The molecule has 3 heteroatoms. The van der Waals surface area contributed by atoms with Crippen LogP contribution < -0.4 is 11.1 Å². The van der Waals surface area contributed by atoms with Crippen LogP contribution in [0.1, 0.15) is 49.3 Å². The molecule has 3 nitrogen and oxygen atoms in total. The van der Waals surface area contributed by atoms with Crippen LogP contribution in [0, 0.1) is 6.92 Å². The van der Waals surface area contributed by atoms with Crippen molar-refractivity contribution in [3.63, 3.8) is 0 Å². The van der Waals surface area contributed by atoms with Crippen LogP contribution in [0.25, 0.3) is 0 Å². The number of benzene rings is 1. The zero-order chi connectivity index (χ0) is 13.0. The van der Waals surface area contributed by atoms with Crippen molar-refractivity contribution in [2.75, 3.05) is 0 Å². The van der Waals surface area contributed by atoms with Crippen molar-refractivity contribution in [3.05, 3.63) is 35.4 Å². The summed E-state index contributed by atoms with van der Waals surface area (Å²) in [6, 6.07) is 7.61. The Morgan fingerprint density at radius 1 is 1.22 bits per heavy atom. The smallest absolute Gasteiger partial charge is 0.241 e. The maximum absolute atomic E-state index is 12.1. The minimum atomic E-state index is -0.549. The number of rotatable bonds is 3. The summed E-state index contributed by atoms with van der Waals surface area (Å²) in [6.45, 7) is 2.03. The molecule has 0 spiro atoms. The average molecular weight is 246 g/mol. The molecule has 18 heavy (non-hydrogen) atoms. The molecule has 98 valence electrons. The van der Waals surface area contributed by atoms with Crippen LogP contribution in [0.5, 0.6) is 0 Å². The highest BCUT2D eigenvalue weighted by Gasteiger charge is 2.20. The predicted octanol–water partition coefficient (Wildman–Crippen LogP) is 2.44. The maximum Gasteiger partial charge on any atom is 0.241 e. The molecule has 1 aromatic rings. The number of aryl methyl sites for hydroxylation is 1. The van der Waals surface area contributed by atoms with Crippen molar-refractivity contribution in [2.24, 2.45) is 5.73 Å². The van der Waals surface area contributed by atoms with Crippen molar-refractivity contribution in [1.82, 2.24) is 5.32 Å². The first kappa shape index (κ1) is 13.1. The second kappa shape index (κ2) is 6.01. The van der Waals surface area contributed by atoms with Gasteiger partial charge in [-0.15, -0.1) is 0 Å². The van der Waals surface area contributed by atoms with Gasteiger partial charge in [0.05, 0.1) is 0 Å². The van der Waals surface area contributed by atoms with Gasteiger partial charge < -0.3 is 11.1 Å². The Bertz CT molecular complexity index is 393. The minimum absolute atomic E-state index is 0.0502. The molecule has 1 unspecified atom stereocenters. The van der Waals surface area contributed by atoms with Gasteiger partial charge in [0.25, 0.3) is 0 Å². The number of hydrogen-bond donors (Lipinski definition) is 2. The summed E-state index contributed by atoms with van der Waals surface area (Å²) in [5.74, 6) is -0.0502. The molecule has 0 aromatic heterocycles. The maximum atomic E-state index is 12.1. The third kappa shape index (κ3) is 3.33. The number of hydrogen-bond acceptors (Lipinski definition) is 2. The predicted molar refractivity (Wildman–Crippen MR) is 73.1 cm³/mol. The van der Waals surface area contributed by atoms with E-state index in [0.717, 1.165) is 18.4 Å². The third-order valence-corrected chi connectivity index (χ3v) is 3.67. The molecule has 1 amide bonds. The van der Waals surface area contributed by atoms with Gasteiger partial charge in [-0.2, -0.15) is 0 Å². The van der Waals surface area contributed by atoms with Gasteiger partial charge in [0, 0.05) is 6.04 Å². The molecule has 2 rings (SSSR count). The van der Waals surface area contributed by atoms with E-state index >= 15 is 0 Å². The van der Waals surface area contributed by atoms with Gasteiger partial charge in [0.15, 0.2) is 0 Å². The summed E-state index contributed by atoms with van der Waals surface area (Å²) in [6.07, 6.45) is 5.89. The van der Waals surface area contributed by atoms with Crippen LogP contribution in [0.4, 0.5) is 0 Å². The Balaban J connectivity index is 1.93. The summed E-state index contributed by atoms with van der Waals surface area (Å²) in [5, 5.41) is 3.07. The molecule has 1 saturated carbocycles. The van der Waals surface area contributed by atoms with Crippen LogP contribution in [-0.2, 0) is 4.79 Å². The zero-order valence-corrected chi connectivity index (χ0v) is 11.0. The summed E-state index contributed by atoms with van der Waals surface area (Å²) < 4.78 is 0. The fourth-order valence-electron chi connectivity index (χ4n) is 2.46. The topological polar surface area (TPSA) is 55.1 Å². The van der Waals surface area contributed by atoms with Gasteiger partial charge in [-0.05, 0) is 25.3 Å². The van der Waals surface area contributed by atoms with E-state index in [-0.39, 0.29) is 5.91 Å². The molecule has 0 radical (unpaired) electrons. The monoisotopic (exact) mass is 246 g/mol. The van der Waals surface area contributed by atoms with Crippen LogP contribution in [-0.4, -0.2) is 11.9 Å². The molecule has 0 bridgehead atoms. The van der Waals surface area contributed by atoms with Crippen LogP contribution in [0.3, 0.4) is 0 Å². The third-order valence-electron chi connectivity index (χ3n) is 3.67. The van der Waals surface area contributed by atoms with Gasteiger partial charge in [0.1, 0.15) is 6.04 Å². The molecule has 0 saturated heterocycles. The lowest BCUT2D eigenvalue weighted by molar-refractivity contribution is -0.123. The van der Waals surface area contributed by atoms with Gasteiger partial charge in [-0.25, -0.2) is 0 Å². The largest absolute Gasteiger partial charge is 0.352 e. The average Bonchev–Trinajstić information content (AvgIpc) is 2.40.